The topological polar surface area (TPSA) is 44.0 Å². The predicted octanol–water partition coefficient (Wildman–Crippen LogP) is 2.67. The van der Waals surface area contributed by atoms with E-state index in [2.05, 4.69) is 0 Å². The number of rotatable bonds is 3. The molecule has 0 aliphatic rings. The lowest BCUT2D eigenvalue weighted by Crippen LogP contribution is -2.07. The Morgan fingerprint density at radius 3 is 2.71 bits per heavy atom. The summed E-state index contributed by atoms with van der Waals surface area (Å²) in [7, 11) is 0. The molecule has 2 nitrogen and oxygen atoms in total. The average molecular weight is 230 g/mol. The average Bonchev–Trinajstić information content (AvgIpc) is 2.20. The highest BCUT2D eigenvalue weighted by molar-refractivity contribution is 6.42. The van der Waals surface area contributed by atoms with E-state index in [1.54, 1.807) is 18.2 Å². The minimum absolute atomic E-state index is 0.167. The normalized spacial score (nSPS) is 12.1. The number of hydrogen-bond donors (Lipinski definition) is 1. The number of benzene rings is 1. The lowest BCUT2D eigenvalue weighted by molar-refractivity contribution is 0.255. The molecule has 0 aromatic heterocycles. The summed E-state index contributed by atoms with van der Waals surface area (Å²) < 4.78 is 0. The highest BCUT2D eigenvalue weighted by atomic mass is 35.5. The molecule has 4 heteroatoms. The smallest absolute Gasteiger partial charge is 0.0735 e. The molecule has 1 rings (SSSR count). The highest BCUT2D eigenvalue weighted by Crippen LogP contribution is 2.27. The van der Waals surface area contributed by atoms with Gasteiger partial charge in [-0.3, -0.25) is 0 Å². The molecule has 1 atom stereocenters. The minimum Gasteiger partial charge on any atom is -0.395 e. The van der Waals surface area contributed by atoms with Crippen LogP contribution in [0.15, 0.2) is 18.2 Å². The van der Waals surface area contributed by atoms with E-state index in [1.165, 1.54) is 0 Å². The van der Waals surface area contributed by atoms with Gasteiger partial charge >= 0.3 is 0 Å². The van der Waals surface area contributed by atoms with Crippen molar-refractivity contribution >= 4 is 23.2 Å². The fraction of sp³-hybridized carbons (Fsp3) is 0.300. The summed E-state index contributed by atoms with van der Waals surface area (Å²) in [5.74, 6) is -0.425. The summed E-state index contributed by atoms with van der Waals surface area (Å²) >= 11 is 11.7. The fourth-order valence-electron chi connectivity index (χ4n) is 1.12. The Morgan fingerprint density at radius 1 is 1.43 bits per heavy atom. The van der Waals surface area contributed by atoms with E-state index in [9.17, 15) is 0 Å². The van der Waals surface area contributed by atoms with Gasteiger partial charge in [-0.05, 0) is 18.1 Å². The van der Waals surface area contributed by atoms with Crippen LogP contribution in [0, 0.1) is 17.2 Å². The van der Waals surface area contributed by atoms with Gasteiger partial charge in [0.05, 0.1) is 28.6 Å². The summed E-state index contributed by atoms with van der Waals surface area (Å²) in [4.78, 5) is 0. The summed E-state index contributed by atoms with van der Waals surface area (Å²) in [6, 6.07) is 7.26. The second-order valence-electron chi connectivity index (χ2n) is 2.93. The van der Waals surface area contributed by atoms with Gasteiger partial charge in [0.1, 0.15) is 0 Å². The van der Waals surface area contributed by atoms with Gasteiger partial charge in [-0.15, -0.1) is 0 Å². The van der Waals surface area contributed by atoms with Crippen LogP contribution in [0.1, 0.15) is 5.56 Å². The van der Waals surface area contributed by atoms with E-state index in [-0.39, 0.29) is 6.61 Å². The molecule has 74 valence electrons. The lowest BCUT2D eigenvalue weighted by Gasteiger charge is -2.08. The van der Waals surface area contributed by atoms with Gasteiger partial charge in [0.15, 0.2) is 0 Å². The summed E-state index contributed by atoms with van der Waals surface area (Å²) in [6.45, 7) is -0.167. The van der Waals surface area contributed by atoms with Crippen LogP contribution in [0.3, 0.4) is 0 Å². The first kappa shape index (κ1) is 11.3. The third kappa shape index (κ3) is 2.62. The van der Waals surface area contributed by atoms with Gasteiger partial charge in [-0.2, -0.15) is 5.26 Å². The van der Waals surface area contributed by atoms with E-state index in [4.69, 9.17) is 33.6 Å². The molecule has 0 radical (unpaired) electrons. The first-order chi connectivity index (χ1) is 6.69. The maximum atomic E-state index is 8.85. The highest BCUT2D eigenvalue weighted by Gasteiger charge is 2.11. The van der Waals surface area contributed by atoms with Crippen LogP contribution in [0.25, 0.3) is 0 Å². The first-order valence-corrected chi connectivity index (χ1v) is 4.88. The number of hydrogen-bond acceptors (Lipinski definition) is 2. The number of nitrogens with zero attached hydrogens (tertiary/aromatic N) is 1. The molecule has 0 saturated carbocycles. The van der Waals surface area contributed by atoms with Crippen molar-refractivity contribution in [1.29, 1.82) is 5.26 Å². The SMILES string of the molecule is N#CC(CO)Cc1cccc(Cl)c1Cl. The van der Waals surface area contributed by atoms with Crippen molar-refractivity contribution in [1.82, 2.24) is 0 Å². The monoisotopic (exact) mass is 229 g/mol. The molecule has 0 spiro atoms. The summed E-state index contributed by atoms with van der Waals surface area (Å²) in [6.07, 6.45) is 0.423. The van der Waals surface area contributed by atoms with E-state index in [0.717, 1.165) is 5.56 Å². The zero-order valence-corrected chi connectivity index (χ0v) is 8.89. The van der Waals surface area contributed by atoms with Gasteiger partial charge in [-0.1, -0.05) is 35.3 Å². The molecule has 14 heavy (non-hydrogen) atoms. The molecular weight excluding hydrogens is 221 g/mol. The molecule has 0 bridgehead atoms. The van der Waals surface area contributed by atoms with Gasteiger partial charge in [0.25, 0.3) is 0 Å². The molecule has 0 saturated heterocycles. The molecule has 0 fully saturated rings. The van der Waals surface area contributed by atoms with E-state index in [0.29, 0.717) is 16.5 Å². The van der Waals surface area contributed by atoms with E-state index < -0.39 is 5.92 Å². The lowest BCUT2D eigenvalue weighted by atomic mass is 10.0. The van der Waals surface area contributed by atoms with Crippen LogP contribution in [0.5, 0.6) is 0 Å². The van der Waals surface area contributed by atoms with Crippen LogP contribution in [-0.4, -0.2) is 11.7 Å². The Morgan fingerprint density at radius 2 is 2.14 bits per heavy atom. The molecule has 0 aliphatic heterocycles. The standard InChI is InChI=1S/C10H9Cl2NO/c11-9-3-1-2-8(10(9)12)4-7(5-13)6-14/h1-3,7,14H,4,6H2. The van der Waals surface area contributed by atoms with Crippen LogP contribution in [0.4, 0.5) is 0 Å². The van der Waals surface area contributed by atoms with Crippen LogP contribution < -0.4 is 0 Å². The molecule has 0 heterocycles. The van der Waals surface area contributed by atoms with Crippen LogP contribution >= 0.6 is 23.2 Å². The van der Waals surface area contributed by atoms with Gasteiger partial charge in [0, 0.05) is 0 Å². The molecule has 1 aromatic rings. The quantitative estimate of drug-likeness (QED) is 0.867. The van der Waals surface area contributed by atoms with Gasteiger partial charge in [-0.25, -0.2) is 0 Å². The third-order valence-electron chi connectivity index (χ3n) is 1.90. The number of aliphatic hydroxyl groups excluding tert-OH is 1. The van der Waals surface area contributed by atoms with Crippen molar-refractivity contribution in [3.8, 4) is 6.07 Å². The Labute approximate surface area is 92.7 Å². The summed E-state index contributed by atoms with van der Waals surface area (Å²) in [5, 5.41) is 18.4. The van der Waals surface area contributed by atoms with E-state index in [1.807, 2.05) is 6.07 Å². The zero-order chi connectivity index (χ0) is 10.6. The van der Waals surface area contributed by atoms with Crippen molar-refractivity contribution in [2.24, 2.45) is 5.92 Å². The number of aliphatic hydroxyl groups is 1. The second-order valence-corrected chi connectivity index (χ2v) is 3.71. The van der Waals surface area contributed by atoms with Crippen molar-refractivity contribution in [2.75, 3.05) is 6.61 Å². The van der Waals surface area contributed by atoms with E-state index >= 15 is 0 Å². The Kier molecular flexibility index (Phi) is 4.21. The molecule has 1 N–H and O–H groups in total. The van der Waals surface area contributed by atoms with Crippen LogP contribution in [0.2, 0.25) is 10.0 Å². The fourth-order valence-corrected chi connectivity index (χ4v) is 1.52. The third-order valence-corrected chi connectivity index (χ3v) is 2.76. The van der Waals surface area contributed by atoms with Crippen molar-refractivity contribution < 1.29 is 5.11 Å². The van der Waals surface area contributed by atoms with Crippen molar-refractivity contribution in [3.05, 3.63) is 33.8 Å². The maximum Gasteiger partial charge on any atom is 0.0735 e. The number of halogens is 2. The van der Waals surface area contributed by atoms with Crippen molar-refractivity contribution in [2.45, 2.75) is 6.42 Å². The molecule has 1 aromatic carbocycles. The maximum absolute atomic E-state index is 8.85. The largest absolute Gasteiger partial charge is 0.395 e. The molecular formula is C10H9Cl2NO. The first-order valence-electron chi connectivity index (χ1n) is 4.12. The predicted molar refractivity (Wildman–Crippen MR) is 56.4 cm³/mol. The summed E-state index contributed by atoms with van der Waals surface area (Å²) in [5.41, 5.74) is 0.791. The van der Waals surface area contributed by atoms with Crippen molar-refractivity contribution in [3.63, 3.8) is 0 Å². The second kappa shape index (κ2) is 5.21. The Hall–Kier alpha value is -0.750. The molecule has 1 unspecified atom stereocenters. The molecule has 0 aliphatic carbocycles. The Balaban J connectivity index is 2.87. The number of nitriles is 1. The molecule has 0 amide bonds. The van der Waals surface area contributed by atoms with Gasteiger partial charge < -0.3 is 5.11 Å². The zero-order valence-electron chi connectivity index (χ0n) is 7.37. The van der Waals surface area contributed by atoms with Gasteiger partial charge in [0.2, 0.25) is 0 Å². The van der Waals surface area contributed by atoms with Crippen LogP contribution in [-0.2, 0) is 6.42 Å². The Bertz CT molecular complexity index is 360. The minimum atomic E-state index is -0.425.